The zero-order valence-electron chi connectivity index (χ0n) is 17.7. The van der Waals surface area contributed by atoms with Gasteiger partial charge in [-0.05, 0) is 74.2 Å². The van der Waals surface area contributed by atoms with E-state index in [2.05, 4.69) is 82.1 Å². The van der Waals surface area contributed by atoms with E-state index in [9.17, 15) is 0 Å². The van der Waals surface area contributed by atoms with Crippen LogP contribution in [0.4, 0.5) is 0 Å². The highest BCUT2D eigenvalue weighted by Crippen LogP contribution is 2.55. The van der Waals surface area contributed by atoms with Gasteiger partial charge >= 0.3 is 0 Å². The molecule has 6 heteroatoms. The molecule has 0 bridgehead atoms. The molecule has 0 saturated carbocycles. The van der Waals surface area contributed by atoms with Gasteiger partial charge in [-0.1, -0.05) is 44.0 Å². The highest BCUT2D eigenvalue weighted by molar-refractivity contribution is 9.10. The predicted molar refractivity (Wildman–Crippen MR) is 122 cm³/mol. The van der Waals surface area contributed by atoms with Gasteiger partial charge in [0.2, 0.25) is 0 Å². The lowest BCUT2D eigenvalue weighted by molar-refractivity contribution is -0.194. The summed E-state index contributed by atoms with van der Waals surface area (Å²) in [6.07, 6.45) is -1.14. The van der Waals surface area contributed by atoms with Crippen molar-refractivity contribution in [2.45, 2.75) is 57.9 Å². The molecule has 29 heavy (non-hydrogen) atoms. The smallest absolute Gasteiger partial charge is 0.154 e. The number of hydrogen-bond donors (Lipinski definition) is 0. The predicted octanol–water partition coefficient (Wildman–Crippen LogP) is 6.27. The molecule has 0 amide bonds. The first kappa shape index (κ1) is 22.9. The molecule has 0 radical (unpaired) electrons. The number of rotatable bonds is 8. The molecule has 1 aliphatic rings. The molecule has 0 N–H and O–H groups in total. The monoisotopic (exact) mass is 526 g/mol. The normalized spacial score (nSPS) is 18.6. The third-order valence-corrected chi connectivity index (χ3v) is 6.87. The number of fused-ring (bicyclic) bond motifs is 3. The molecule has 0 aliphatic heterocycles. The molecular weight excluding hydrogens is 500 g/mol. The Morgan fingerprint density at radius 3 is 1.41 bits per heavy atom. The largest absolute Gasteiger partial charge is 0.356 e. The number of benzene rings is 2. The van der Waals surface area contributed by atoms with Gasteiger partial charge in [-0.3, -0.25) is 0 Å². The van der Waals surface area contributed by atoms with Crippen molar-refractivity contribution in [3.8, 4) is 11.1 Å². The lowest BCUT2D eigenvalue weighted by Gasteiger charge is -2.43. The first-order chi connectivity index (χ1) is 13.7. The maximum absolute atomic E-state index is 6.34. The Balaban J connectivity index is 2.28. The first-order valence-corrected chi connectivity index (χ1v) is 11.3. The molecule has 4 atom stereocenters. The van der Waals surface area contributed by atoms with E-state index < -0.39 is 5.41 Å². The maximum atomic E-state index is 6.34. The van der Waals surface area contributed by atoms with E-state index in [0.29, 0.717) is 0 Å². The van der Waals surface area contributed by atoms with Crippen LogP contribution in [0.3, 0.4) is 0 Å². The summed E-state index contributed by atoms with van der Waals surface area (Å²) in [4.78, 5) is 0. The van der Waals surface area contributed by atoms with Gasteiger partial charge in [0.05, 0.1) is 17.6 Å². The summed E-state index contributed by atoms with van der Waals surface area (Å²) >= 11 is 7.33. The quantitative estimate of drug-likeness (QED) is 0.379. The second-order valence-corrected chi connectivity index (χ2v) is 9.24. The van der Waals surface area contributed by atoms with Crippen molar-refractivity contribution in [2.75, 3.05) is 14.2 Å². The summed E-state index contributed by atoms with van der Waals surface area (Å²) in [6, 6.07) is 12.8. The van der Waals surface area contributed by atoms with Crippen LogP contribution < -0.4 is 0 Å². The van der Waals surface area contributed by atoms with Crippen LogP contribution in [-0.4, -0.2) is 39.0 Å². The molecule has 4 unspecified atom stereocenters. The lowest BCUT2D eigenvalue weighted by Crippen LogP contribution is -2.50. The second-order valence-electron chi connectivity index (χ2n) is 7.41. The minimum absolute atomic E-state index is 0.222. The van der Waals surface area contributed by atoms with Crippen molar-refractivity contribution in [2.24, 2.45) is 0 Å². The van der Waals surface area contributed by atoms with Gasteiger partial charge in [0.1, 0.15) is 0 Å². The summed E-state index contributed by atoms with van der Waals surface area (Å²) in [5, 5.41) is 0. The molecule has 0 spiro atoms. The van der Waals surface area contributed by atoms with E-state index in [0.717, 1.165) is 8.95 Å². The van der Waals surface area contributed by atoms with Crippen LogP contribution in [0.15, 0.2) is 45.3 Å². The van der Waals surface area contributed by atoms with Gasteiger partial charge in [0.15, 0.2) is 12.6 Å². The van der Waals surface area contributed by atoms with Gasteiger partial charge < -0.3 is 18.9 Å². The fourth-order valence-corrected chi connectivity index (χ4v) is 5.16. The zero-order valence-corrected chi connectivity index (χ0v) is 20.8. The lowest BCUT2D eigenvalue weighted by atomic mass is 9.70. The molecule has 0 heterocycles. The Morgan fingerprint density at radius 2 is 1.07 bits per heavy atom. The third-order valence-electron chi connectivity index (χ3n) is 5.88. The van der Waals surface area contributed by atoms with Gasteiger partial charge in [-0.15, -0.1) is 0 Å². The van der Waals surface area contributed by atoms with E-state index >= 15 is 0 Å². The van der Waals surface area contributed by atoms with Crippen LogP contribution in [0.1, 0.15) is 38.8 Å². The highest BCUT2D eigenvalue weighted by atomic mass is 79.9. The molecule has 0 aromatic heterocycles. The fraction of sp³-hybridized carbons (Fsp3) is 0.478. The second kappa shape index (κ2) is 9.16. The van der Waals surface area contributed by atoms with Crippen LogP contribution >= 0.6 is 31.9 Å². The molecule has 0 fully saturated rings. The molecule has 0 saturated heterocycles. The van der Waals surface area contributed by atoms with Gasteiger partial charge in [-0.2, -0.15) is 0 Å². The van der Waals surface area contributed by atoms with E-state index in [1.165, 1.54) is 22.3 Å². The summed E-state index contributed by atoms with van der Waals surface area (Å²) in [5.74, 6) is 0. The Labute approximate surface area is 190 Å². The summed E-state index contributed by atoms with van der Waals surface area (Å²) in [5.41, 5.74) is 4.18. The SMILES string of the molecule is COC(C)OC(C)C1(C(C)OC(C)OC)c2cc(Br)ccc2-c2ccc(Br)cc21. The fourth-order valence-electron chi connectivity index (χ4n) is 4.44. The number of methoxy groups -OCH3 is 2. The Morgan fingerprint density at radius 1 is 0.690 bits per heavy atom. The summed E-state index contributed by atoms with van der Waals surface area (Å²) in [6.45, 7) is 8.00. The van der Waals surface area contributed by atoms with E-state index in [4.69, 9.17) is 18.9 Å². The van der Waals surface area contributed by atoms with Crippen LogP contribution in [0.2, 0.25) is 0 Å². The molecule has 158 valence electrons. The topological polar surface area (TPSA) is 36.9 Å². The minimum atomic E-state index is -0.544. The molecule has 4 nitrogen and oxygen atoms in total. The van der Waals surface area contributed by atoms with E-state index in [1.54, 1.807) is 14.2 Å². The first-order valence-electron chi connectivity index (χ1n) is 9.72. The number of ether oxygens (including phenoxy) is 4. The van der Waals surface area contributed by atoms with Crippen LogP contribution in [-0.2, 0) is 24.4 Å². The molecule has 2 aromatic carbocycles. The van der Waals surface area contributed by atoms with Crippen molar-refractivity contribution >= 4 is 31.9 Å². The third kappa shape index (κ3) is 4.08. The van der Waals surface area contributed by atoms with Crippen LogP contribution in [0.25, 0.3) is 11.1 Å². The van der Waals surface area contributed by atoms with E-state index in [-0.39, 0.29) is 24.8 Å². The minimum Gasteiger partial charge on any atom is -0.356 e. The average Bonchev–Trinajstić information content (AvgIpc) is 2.96. The number of hydrogen-bond acceptors (Lipinski definition) is 4. The summed E-state index contributed by atoms with van der Waals surface area (Å²) in [7, 11) is 3.31. The molecular formula is C23H28Br2O4. The van der Waals surface area contributed by atoms with Crippen LogP contribution in [0, 0.1) is 0 Å². The van der Waals surface area contributed by atoms with Crippen molar-refractivity contribution in [1.29, 1.82) is 0 Å². The standard InChI is InChI=1S/C23H28Br2O4/c1-13(28-15(3)26-5)23(14(2)29-16(4)27-6)21-11-17(24)7-9-19(21)20-10-8-18(25)12-22(20)23/h7-16H,1-6H3. The average molecular weight is 528 g/mol. The van der Waals surface area contributed by atoms with Gasteiger partial charge in [0.25, 0.3) is 0 Å². The molecule has 3 rings (SSSR count). The Bertz CT molecular complexity index is 798. The van der Waals surface area contributed by atoms with Crippen molar-refractivity contribution in [3.63, 3.8) is 0 Å². The van der Waals surface area contributed by atoms with Crippen molar-refractivity contribution in [1.82, 2.24) is 0 Å². The Kier molecular flexibility index (Phi) is 7.24. The van der Waals surface area contributed by atoms with E-state index in [1.807, 2.05) is 13.8 Å². The molecule has 2 aromatic rings. The number of halogens is 2. The summed E-state index contributed by atoms with van der Waals surface area (Å²) < 4.78 is 25.6. The van der Waals surface area contributed by atoms with Crippen molar-refractivity contribution < 1.29 is 18.9 Å². The van der Waals surface area contributed by atoms with Gasteiger partial charge in [0, 0.05) is 23.2 Å². The highest BCUT2D eigenvalue weighted by Gasteiger charge is 2.53. The van der Waals surface area contributed by atoms with Crippen molar-refractivity contribution in [3.05, 3.63) is 56.5 Å². The van der Waals surface area contributed by atoms with Crippen LogP contribution in [0.5, 0.6) is 0 Å². The zero-order chi connectivity index (χ0) is 21.3. The Hall–Kier alpha value is -0.760. The molecule has 1 aliphatic carbocycles. The van der Waals surface area contributed by atoms with Gasteiger partial charge in [-0.25, -0.2) is 0 Å². The maximum Gasteiger partial charge on any atom is 0.154 e.